The van der Waals surface area contributed by atoms with Gasteiger partial charge in [0, 0.05) is 6.72 Å². The van der Waals surface area contributed by atoms with Crippen molar-refractivity contribution in [2.75, 3.05) is 19.8 Å². The summed E-state index contributed by atoms with van der Waals surface area (Å²) >= 11 is 0. The van der Waals surface area contributed by atoms with Gasteiger partial charge in [-0.25, -0.2) is 0 Å². The minimum Gasteiger partial charge on any atom is -0.396 e. The average Bonchev–Trinajstić information content (AvgIpc) is 1.87. The maximum Gasteiger partial charge on any atom is 0.127 e. The molecule has 0 saturated carbocycles. The van der Waals surface area contributed by atoms with Crippen LogP contribution in [0.4, 0.5) is 0 Å². The summed E-state index contributed by atoms with van der Waals surface area (Å²) in [5.74, 6) is 0. The van der Waals surface area contributed by atoms with Crippen molar-refractivity contribution in [2.45, 2.75) is 13.3 Å². The van der Waals surface area contributed by atoms with Crippen LogP contribution in [0.2, 0.25) is 0 Å². The van der Waals surface area contributed by atoms with Crippen molar-refractivity contribution in [3.8, 4) is 0 Å². The molecule has 3 nitrogen and oxygen atoms in total. The molecule has 0 radical (unpaired) electrons. The summed E-state index contributed by atoms with van der Waals surface area (Å²) in [6.45, 7) is 7.63. The normalized spacial score (nSPS) is 21.3. The quantitative estimate of drug-likeness (QED) is 0.435. The van der Waals surface area contributed by atoms with Gasteiger partial charge < -0.3 is 9.57 Å². The minimum absolute atomic E-state index is 0.237. The Morgan fingerprint density at radius 1 is 1.70 bits per heavy atom. The van der Waals surface area contributed by atoms with Crippen LogP contribution in [0.25, 0.3) is 0 Å². The highest BCUT2D eigenvalue weighted by molar-refractivity contribution is 5.21. The smallest absolute Gasteiger partial charge is 0.127 e. The molecule has 0 bridgehead atoms. The van der Waals surface area contributed by atoms with Gasteiger partial charge in [-0.15, -0.1) is 5.16 Å². The molecule has 10 heavy (non-hydrogen) atoms. The van der Waals surface area contributed by atoms with Crippen LogP contribution < -0.4 is 0 Å². The molecule has 58 valence electrons. The van der Waals surface area contributed by atoms with Crippen LogP contribution in [0.1, 0.15) is 13.3 Å². The van der Waals surface area contributed by atoms with E-state index in [9.17, 15) is 0 Å². The van der Waals surface area contributed by atoms with Gasteiger partial charge in [0.15, 0.2) is 0 Å². The minimum atomic E-state index is 0.237. The third kappa shape index (κ3) is 1.29. The van der Waals surface area contributed by atoms with Crippen LogP contribution >= 0.6 is 0 Å². The largest absolute Gasteiger partial charge is 0.396 e. The predicted molar refractivity (Wildman–Crippen MR) is 39.0 cm³/mol. The zero-order valence-corrected chi connectivity index (χ0v) is 6.30. The topological polar surface area (TPSA) is 30.8 Å². The molecule has 0 unspecified atom stereocenters. The van der Waals surface area contributed by atoms with Crippen LogP contribution in [0.15, 0.2) is 5.16 Å². The lowest BCUT2D eigenvalue weighted by atomic mass is 9.84. The molecule has 0 aliphatic carbocycles. The Balaban J connectivity index is 2.26. The summed E-state index contributed by atoms with van der Waals surface area (Å²) in [6.07, 6.45) is 1.09. The number of hydrogen-bond acceptors (Lipinski definition) is 3. The number of rotatable bonds is 4. The number of oxime groups is 1. The third-order valence-electron chi connectivity index (χ3n) is 2.03. The Kier molecular flexibility index (Phi) is 2.27. The van der Waals surface area contributed by atoms with Gasteiger partial charge in [0.1, 0.15) is 6.61 Å². The fourth-order valence-corrected chi connectivity index (χ4v) is 0.963. The van der Waals surface area contributed by atoms with Crippen molar-refractivity contribution < 1.29 is 9.57 Å². The summed E-state index contributed by atoms with van der Waals surface area (Å²) in [5.41, 5.74) is 0.237. The number of ether oxygens (including phenoxy) is 1. The second-order valence-electron chi connectivity index (χ2n) is 2.75. The van der Waals surface area contributed by atoms with Gasteiger partial charge in [0.05, 0.1) is 18.6 Å². The first-order valence-corrected chi connectivity index (χ1v) is 3.49. The van der Waals surface area contributed by atoms with Crippen molar-refractivity contribution in [2.24, 2.45) is 10.6 Å². The molecule has 0 aromatic rings. The van der Waals surface area contributed by atoms with E-state index >= 15 is 0 Å². The first kappa shape index (κ1) is 7.54. The Labute approximate surface area is 61.0 Å². The lowest BCUT2D eigenvalue weighted by molar-refractivity contribution is -0.149. The molecule has 1 saturated heterocycles. The molecular formula is C7H13NO2. The van der Waals surface area contributed by atoms with Crippen LogP contribution in [0, 0.1) is 5.41 Å². The Morgan fingerprint density at radius 2 is 2.40 bits per heavy atom. The average molecular weight is 143 g/mol. The molecule has 0 N–H and O–H groups in total. The molecular weight excluding hydrogens is 130 g/mol. The van der Waals surface area contributed by atoms with E-state index in [-0.39, 0.29) is 5.41 Å². The van der Waals surface area contributed by atoms with E-state index < -0.39 is 0 Å². The third-order valence-corrected chi connectivity index (χ3v) is 2.03. The molecule has 0 amide bonds. The zero-order chi connectivity index (χ0) is 7.45. The van der Waals surface area contributed by atoms with Gasteiger partial charge in [-0.2, -0.15) is 0 Å². The van der Waals surface area contributed by atoms with E-state index in [0.717, 1.165) is 19.6 Å². The summed E-state index contributed by atoms with van der Waals surface area (Å²) in [5, 5.41) is 3.34. The summed E-state index contributed by atoms with van der Waals surface area (Å²) in [4.78, 5) is 4.87. The van der Waals surface area contributed by atoms with E-state index in [4.69, 9.17) is 9.57 Å². The molecule has 1 aliphatic rings. The fraction of sp³-hybridized carbons (Fsp3) is 0.857. The maximum atomic E-state index is 5.08. The van der Waals surface area contributed by atoms with Crippen LogP contribution in [0.3, 0.4) is 0 Å². The highest BCUT2D eigenvalue weighted by atomic mass is 16.6. The summed E-state index contributed by atoms with van der Waals surface area (Å²) in [7, 11) is 0. The highest BCUT2D eigenvalue weighted by Crippen LogP contribution is 2.31. The van der Waals surface area contributed by atoms with Crippen molar-refractivity contribution in [1.82, 2.24) is 0 Å². The van der Waals surface area contributed by atoms with Gasteiger partial charge in [0.2, 0.25) is 0 Å². The van der Waals surface area contributed by atoms with E-state index in [0.29, 0.717) is 6.61 Å². The lowest BCUT2D eigenvalue weighted by Gasteiger charge is -2.39. The standard InChI is InChI=1S/C7H13NO2/c1-3-7(4-9-5-7)6-10-8-2/h2-6H2,1H3. The summed E-state index contributed by atoms with van der Waals surface area (Å²) in [6, 6.07) is 0. The van der Waals surface area contributed by atoms with Gasteiger partial charge in [-0.3, -0.25) is 0 Å². The first-order valence-electron chi connectivity index (χ1n) is 3.49. The SMILES string of the molecule is C=NOCC1(CC)COC1. The van der Waals surface area contributed by atoms with Crippen molar-refractivity contribution in [3.63, 3.8) is 0 Å². The van der Waals surface area contributed by atoms with E-state index in [2.05, 4.69) is 18.8 Å². The summed E-state index contributed by atoms with van der Waals surface area (Å²) < 4.78 is 5.08. The van der Waals surface area contributed by atoms with Gasteiger partial charge in [-0.05, 0) is 6.42 Å². The lowest BCUT2D eigenvalue weighted by Crippen LogP contribution is -2.45. The van der Waals surface area contributed by atoms with Gasteiger partial charge >= 0.3 is 0 Å². The molecule has 1 fully saturated rings. The van der Waals surface area contributed by atoms with Crippen molar-refractivity contribution in [1.29, 1.82) is 0 Å². The molecule has 0 spiro atoms. The number of hydrogen-bond donors (Lipinski definition) is 0. The van der Waals surface area contributed by atoms with Gasteiger partial charge in [0.25, 0.3) is 0 Å². The molecule has 1 aliphatic heterocycles. The molecule has 0 aromatic heterocycles. The second-order valence-corrected chi connectivity index (χ2v) is 2.75. The van der Waals surface area contributed by atoms with Crippen LogP contribution in [-0.2, 0) is 9.57 Å². The Hall–Kier alpha value is -0.570. The first-order chi connectivity index (χ1) is 4.83. The van der Waals surface area contributed by atoms with Crippen LogP contribution in [-0.4, -0.2) is 26.5 Å². The monoisotopic (exact) mass is 143 g/mol. The van der Waals surface area contributed by atoms with E-state index in [1.54, 1.807) is 0 Å². The van der Waals surface area contributed by atoms with Crippen molar-refractivity contribution >= 4 is 6.72 Å². The maximum absolute atomic E-state index is 5.08. The Morgan fingerprint density at radius 3 is 2.70 bits per heavy atom. The van der Waals surface area contributed by atoms with E-state index in [1.165, 1.54) is 0 Å². The number of nitrogens with zero attached hydrogens (tertiary/aromatic N) is 1. The predicted octanol–water partition coefficient (Wildman–Crippen LogP) is 1.05. The molecule has 3 heteroatoms. The molecule has 1 heterocycles. The zero-order valence-electron chi connectivity index (χ0n) is 6.30. The highest BCUT2D eigenvalue weighted by Gasteiger charge is 2.37. The van der Waals surface area contributed by atoms with E-state index in [1.807, 2.05) is 0 Å². The van der Waals surface area contributed by atoms with Crippen molar-refractivity contribution in [3.05, 3.63) is 0 Å². The fourth-order valence-electron chi connectivity index (χ4n) is 0.963. The molecule has 0 aromatic carbocycles. The molecule has 0 atom stereocenters. The van der Waals surface area contributed by atoms with Gasteiger partial charge in [-0.1, -0.05) is 6.92 Å². The van der Waals surface area contributed by atoms with Crippen LogP contribution in [0.5, 0.6) is 0 Å². The Bertz CT molecular complexity index is 115. The second kappa shape index (κ2) is 3.01. The molecule has 1 rings (SSSR count).